The molecule has 1 heterocycles. The number of halogens is 3. The van der Waals surface area contributed by atoms with Gasteiger partial charge < -0.3 is 0 Å². The fraction of sp³-hybridized carbons (Fsp3) is 0.0833. The Kier molecular flexibility index (Phi) is 5.07. The third-order valence-electron chi connectivity index (χ3n) is 2.50. The predicted molar refractivity (Wildman–Crippen MR) is 87.8 cm³/mol. The van der Waals surface area contributed by atoms with Gasteiger partial charge in [0.2, 0.25) is 0 Å². The van der Waals surface area contributed by atoms with Crippen molar-refractivity contribution >= 4 is 68.7 Å². The van der Waals surface area contributed by atoms with Crippen LogP contribution in [0.1, 0.15) is 25.2 Å². The molecule has 0 spiro atoms. The molecule has 0 atom stereocenters. The van der Waals surface area contributed by atoms with E-state index < -0.39 is 9.05 Å². The molecule has 0 unspecified atom stereocenters. The Hall–Kier alpha value is -0.210. The van der Waals surface area contributed by atoms with Crippen LogP contribution in [0.3, 0.4) is 0 Å². The lowest BCUT2D eigenvalue weighted by molar-refractivity contribution is 0.103. The molecule has 1 aromatic heterocycles. The predicted octanol–water partition coefficient (Wildman–Crippen LogP) is 4.70. The summed E-state index contributed by atoms with van der Waals surface area (Å²) in [6, 6.07) is 8.31. The second-order valence-electron chi connectivity index (χ2n) is 3.84. The standard InChI is InChI=1S/C12H7Br2ClO3S2/c13-12(14)8-3-1-7(2-4-8)11(16)9-5-10(19-6-9)20(15,17)18/h1-6,12H. The van der Waals surface area contributed by atoms with E-state index in [9.17, 15) is 13.2 Å². The third-order valence-corrected chi connectivity index (χ3v) is 6.60. The largest absolute Gasteiger partial charge is 0.289 e. The average Bonchev–Trinajstić information content (AvgIpc) is 2.87. The maximum Gasteiger partial charge on any atom is 0.270 e. The van der Waals surface area contributed by atoms with Crippen molar-refractivity contribution in [2.45, 2.75) is 7.95 Å². The van der Waals surface area contributed by atoms with Gasteiger partial charge in [0.15, 0.2) is 5.78 Å². The average molecular weight is 459 g/mol. The molecule has 2 rings (SSSR count). The smallest absolute Gasteiger partial charge is 0.270 e. The molecule has 0 radical (unpaired) electrons. The SMILES string of the molecule is O=C(c1ccc(C(Br)Br)cc1)c1csc(S(=O)(=O)Cl)c1. The molecule has 0 bridgehead atoms. The fourth-order valence-electron chi connectivity index (χ4n) is 1.51. The summed E-state index contributed by atoms with van der Waals surface area (Å²) in [7, 11) is 1.45. The molecule has 0 aliphatic heterocycles. The number of hydrogen-bond donors (Lipinski definition) is 0. The van der Waals surface area contributed by atoms with Crippen molar-refractivity contribution in [3.63, 3.8) is 0 Å². The summed E-state index contributed by atoms with van der Waals surface area (Å²) < 4.78 is 22.4. The highest BCUT2D eigenvalue weighted by atomic mass is 79.9. The number of alkyl halides is 2. The van der Waals surface area contributed by atoms with Crippen molar-refractivity contribution in [2.24, 2.45) is 0 Å². The van der Waals surface area contributed by atoms with Crippen molar-refractivity contribution in [2.75, 3.05) is 0 Å². The molecule has 0 saturated carbocycles. The molecule has 0 fully saturated rings. The molecule has 20 heavy (non-hydrogen) atoms. The summed E-state index contributed by atoms with van der Waals surface area (Å²) in [5.74, 6) is -0.236. The quantitative estimate of drug-likeness (QED) is 0.379. The van der Waals surface area contributed by atoms with Crippen molar-refractivity contribution in [1.82, 2.24) is 0 Å². The highest BCUT2D eigenvalue weighted by Crippen LogP contribution is 2.30. The minimum atomic E-state index is -3.79. The second kappa shape index (κ2) is 6.27. The monoisotopic (exact) mass is 456 g/mol. The van der Waals surface area contributed by atoms with E-state index in [1.165, 1.54) is 11.4 Å². The summed E-state index contributed by atoms with van der Waals surface area (Å²) in [5.41, 5.74) is 1.79. The zero-order valence-corrected chi connectivity index (χ0v) is 15.3. The molecule has 0 saturated heterocycles. The van der Waals surface area contributed by atoms with Crippen molar-refractivity contribution < 1.29 is 13.2 Å². The summed E-state index contributed by atoms with van der Waals surface area (Å²) >= 11 is 7.66. The number of carbonyl (C=O) groups is 1. The lowest BCUT2D eigenvalue weighted by Crippen LogP contribution is -1.99. The van der Waals surface area contributed by atoms with Crippen molar-refractivity contribution in [3.05, 3.63) is 52.4 Å². The first kappa shape index (κ1) is 16.2. The molecular weight excluding hydrogens is 452 g/mol. The van der Waals surface area contributed by atoms with Crippen LogP contribution in [0.15, 0.2) is 39.9 Å². The van der Waals surface area contributed by atoms with Crippen LogP contribution in [0.5, 0.6) is 0 Å². The number of rotatable bonds is 4. The first-order valence-corrected chi connectivity index (χ1v) is 10.3. The van der Waals surface area contributed by atoms with Gasteiger partial charge in [-0.3, -0.25) is 4.79 Å². The summed E-state index contributed by atoms with van der Waals surface area (Å²) in [6.07, 6.45) is 0. The van der Waals surface area contributed by atoms with E-state index in [-0.39, 0.29) is 13.7 Å². The summed E-state index contributed by atoms with van der Waals surface area (Å²) in [6.45, 7) is 0. The van der Waals surface area contributed by atoms with Gasteiger partial charge in [-0.05, 0) is 11.6 Å². The third kappa shape index (κ3) is 3.71. The molecular formula is C12H7Br2ClO3S2. The zero-order chi connectivity index (χ0) is 14.9. The van der Waals surface area contributed by atoms with Gasteiger partial charge in [-0.1, -0.05) is 56.1 Å². The van der Waals surface area contributed by atoms with E-state index in [2.05, 4.69) is 31.9 Å². The maximum atomic E-state index is 12.2. The van der Waals surface area contributed by atoms with Gasteiger partial charge in [0, 0.05) is 27.2 Å². The van der Waals surface area contributed by atoms with E-state index in [0.29, 0.717) is 11.1 Å². The number of benzene rings is 1. The molecule has 0 amide bonds. The molecule has 106 valence electrons. The van der Waals surface area contributed by atoms with Gasteiger partial charge >= 0.3 is 0 Å². The number of ketones is 1. The Bertz CT molecular complexity index is 736. The van der Waals surface area contributed by atoms with Crippen LogP contribution in [-0.2, 0) is 9.05 Å². The summed E-state index contributed by atoms with van der Waals surface area (Å²) in [5, 5.41) is 1.49. The first-order chi connectivity index (χ1) is 9.29. The van der Waals surface area contributed by atoms with Crippen LogP contribution in [-0.4, -0.2) is 14.2 Å². The Morgan fingerprint density at radius 1 is 1.15 bits per heavy atom. The summed E-state index contributed by atoms with van der Waals surface area (Å²) in [4.78, 5) is 12.2. The van der Waals surface area contributed by atoms with Crippen molar-refractivity contribution in [3.8, 4) is 0 Å². The van der Waals surface area contributed by atoms with Gasteiger partial charge in [-0.15, -0.1) is 11.3 Å². The lowest BCUT2D eigenvalue weighted by atomic mass is 10.1. The van der Waals surface area contributed by atoms with Crippen LogP contribution < -0.4 is 0 Å². The molecule has 2 aromatic rings. The number of hydrogen-bond acceptors (Lipinski definition) is 4. The van der Waals surface area contributed by atoms with E-state index in [4.69, 9.17) is 10.7 Å². The van der Waals surface area contributed by atoms with Crippen LogP contribution in [0.25, 0.3) is 0 Å². The molecule has 0 N–H and O–H groups in total. The minimum Gasteiger partial charge on any atom is -0.289 e. The van der Waals surface area contributed by atoms with E-state index in [1.807, 2.05) is 12.1 Å². The lowest BCUT2D eigenvalue weighted by Gasteiger charge is -2.03. The van der Waals surface area contributed by atoms with Gasteiger partial charge in [0.25, 0.3) is 9.05 Å². The van der Waals surface area contributed by atoms with Gasteiger partial charge in [0.05, 0.1) is 3.74 Å². The van der Waals surface area contributed by atoms with Crippen LogP contribution in [0.4, 0.5) is 0 Å². The molecule has 3 nitrogen and oxygen atoms in total. The number of thiophene rings is 1. The van der Waals surface area contributed by atoms with E-state index in [1.54, 1.807) is 12.1 Å². The molecule has 8 heteroatoms. The van der Waals surface area contributed by atoms with Gasteiger partial charge in [-0.25, -0.2) is 8.42 Å². The van der Waals surface area contributed by atoms with Crippen molar-refractivity contribution in [1.29, 1.82) is 0 Å². The highest BCUT2D eigenvalue weighted by molar-refractivity contribution is 9.24. The fourth-order valence-corrected chi connectivity index (χ4v) is 4.07. The minimum absolute atomic E-state index is 0.0216. The topological polar surface area (TPSA) is 51.2 Å². The maximum absolute atomic E-state index is 12.2. The van der Waals surface area contributed by atoms with Crippen LogP contribution in [0.2, 0.25) is 0 Å². The van der Waals surface area contributed by atoms with E-state index in [0.717, 1.165) is 16.9 Å². The Balaban J connectivity index is 2.29. The van der Waals surface area contributed by atoms with Gasteiger partial charge in [-0.2, -0.15) is 0 Å². The van der Waals surface area contributed by atoms with Crippen LogP contribution in [0, 0.1) is 0 Å². The Morgan fingerprint density at radius 3 is 2.20 bits per heavy atom. The number of carbonyl (C=O) groups excluding carboxylic acids is 1. The van der Waals surface area contributed by atoms with Crippen LogP contribution >= 0.6 is 53.9 Å². The van der Waals surface area contributed by atoms with Gasteiger partial charge in [0.1, 0.15) is 4.21 Å². The Morgan fingerprint density at radius 2 is 1.75 bits per heavy atom. The molecule has 1 aromatic carbocycles. The Labute approximate surface area is 141 Å². The first-order valence-electron chi connectivity index (χ1n) is 5.25. The normalized spacial score (nSPS) is 11.8. The second-order valence-corrected chi connectivity index (χ2v) is 10.6. The molecule has 0 aliphatic rings. The highest BCUT2D eigenvalue weighted by Gasteiger charge is 2.17. The molecule has 0 aliphatic carbocycles. The zero-order valence-electron chi connectivity index (χ0n) is 9.72. The van der Waals surface area contributed by atoms with E-state index >= 15 is 0 Å².